The van der Waals surface area contributed by atoms with E-state index < -0.39 is 0 Å². The summed E-state index contributed by atoms with van der Waals surface area (Å²) in [4.78, 5) is 9.97. The van der Waals surface area contributed by atoms with Crippen molar-refractivity contribution in [3.8, 4) is 0 Å². The molecule has 1 atom stereocenters. The number of aromatic amines is 2. The SMILES string of the molecule is c1ccc2[nH]c(CCC(CCN3CCCCC3)Cc3cc4ccccc4[nH]3)cc2c1. The average molecular weight is 400 g/mol. The minimum absolute atomic E-state index is 0.700. The third-order valence-electron chi connectivity index (χ3n) is 6.80. The molecule has 0 spiro atoms. The van der Waals surface area contributed by atoms with Crippen LogP contribution in [0.3, 0.4) is 0 Å². The van der Waals surface area contributed by atoms with Crippen LogP contribution in [-0.4, -0.2) is 34.5 Å². The first kappa shape index (κ1) is 19.4. The summed E-state index contributed by atoms with van der Waals surface area (Å²) in [7, 11) is 0. The maximum absolute atomic E-state index is 3.66. The van der Waals surface area contributed by atoms with Crippen LogP contribution in [0.25, 0.3) is 21.8 Å². The van der Waals surface area contributed by atoms with E-state index in [9.17, 15) is 0 Å². The van der Waals surface area contributed by atoms with Gasteiger partial charge in [-0.2, -0.15) is 0 Å². The van der Waals surface area contributed by atoms with Crippen molar-refractivity contribution in [3.63, 3.8) is 0 Å². The predicted octanol–water partition coefficient (Wildman–Crippen LogP) is 6.32. The molecule has 2 aromatic carbocycles. The third-order valence-corrected chi connectivity index (χ3v) is 6.80. The summed E-state index contributed by atoms with van der Waals surface area (Å²) < 4.78 is 0. The minimum atomic E-state index is 0.700. The second kappa shape index (κ2) is 9.09. The van der Waals surface area contributed by atoms with Crippen molar-refractivity contribution in [3.05, 3.63) is 72.1 Å². The number of aromatic nitrogens is 2. The molecule has 3 nitrogen and oxygen atoms in total. The number of nitrogens with one attached hydrogen (secondary N) is 2. The van der Waals surface area contributed by atoms with Crippen LogP contribution in [0.15, 0.2) is 60.7 Å². The summed E-state index contributed by atoms with van der Waals surface area (Å²) in [6.45, 7) is 3.83. The maximum atomic E-state index is 3.66. The van der Waals surface area contributed by atoms with E-state index in [2.05, 4.69) is 75.5 Å². The first-order valence-electron chi connectivity index (χ1n) is 11.7. The monoisotopic (exact) mass is 399 g/mol. The van der Waals surface area contributed by atoms with Gasteiger partial charge in [0.25, 0.3) is 0 Å². The molecule has 1 unspecified atom stereocenters. The van der Waals surface area contributed by atoms with Gasteiger partial charge >= 0.3 is 0 Å². The van der Waals surface area contributed by atoms with Crippen LogP contribution in [0.1, 0.15) is 43.5 Å². The van der Waals surface area contributed by atoms with Gasteiger partial charge in [0, 0.05) is 22.4 Å². The standard InChI is InChI=1S/C27H33N3/c1-6-15-30(16-7-1)17-14-21(18-25-20-23-9-3-5-11-27(23)29-25)12-13-24-19-22-8-2-4-10-26(22)28-24/h2-5,8-11,19-21,28-29H,1,6-7,12-18H2. The minimum Gasteiger partial charge on any atom is -0.358 e. The summed E-state index contributed by atoms with van der Waals surface area (Å²) in [6, 6.07) is 21.9. The van der Waals surface area contributed by atoms with E-state index in [-0.39, 0.29) is 0 Å². The molecule has 0 saturated carbocycles. The Morgan fingerprint density at radius 3 is 2.07 bits per heavy atom. The molecule has 0 radical (unpaired) electrons. The largest absolute Gasteiger partial charge is 0.358 e. The first-order chi connectivity index (χ1) is 14.8. The normalized spacial score (nSPS) is 16.4. The lowest BCUT2D eigenvalue weighted by atomic mass is 9.92. The van der Waals surface area contributed by atoms with Gasteiger partial charge in [-0.15, -0.1) is 0 Å². The number of para-hydroxylation sites is 2. The van der Waals surface area contributed by atoms with E-state index in [4.69, 9.17) is 0 Å². The first-order valence-corrected chi connectivity index (χ1v) is 11.7. The highest BCUT2D eigenvalue weighted by atomic mass is 15.1. The van der Waals surface area contributed by atoms with E-state index in [1.807, 2.05) is 0 Å². The number of benzene rings is 2. The van der Waals surface area contributed by atoms with Crippen LogP contribution < -0.4 is 0 Å². The molecule has 1 fully saturated rings. The van der Waals surface area contributed by atoms with Gasteiger partial charge in [-0.05, 0) is 99.1 Å². The molecule has 3 heteroatoms. The van der Waals surface area contributed by atoms with Gasteiger partial charge in [0.15, 0.2) is 0 Å². The van der Waals surface area contributed by atoms with E-state index in [0.29, 0.717) is 5.92 Å². The fourth-order valence-electron chi connectivity index (χ4n) is 5.08. The number of aryl methyl sites for hydroxylation is 1. The lowest BCUT2D eigenvalue weighted by molar-refractivity contribution is 0.210. The number of nitrogens with zero attached hydrogens (tertiary/aromatic N) is 1. The number of hydrogen-bond acceptors (Lipinski definition) is 1. The summed E-state index contributed by atoms with van der Waals surface area (Å²) in [5, 5.41) is 2.66. The van der Waals surface area contributed by atoms with Gasteiger partial charge in [0.2, 0.25) is 0 Å². The highest BCUT2D eigenvalue weighted by Crippen LogP contribution is 2.24. The van der Waals surface area contributed by atoms with Crippen LogP contribution in [0.4, 0.5) is 0 Å². The summed E-state index contributed by atoms with van der Waals surface area (Å²) >= 11 is 0. The van der Waals surface area contributed by atoms with Gasteiger partial charge in [-0.25, -0.2) is 0 Å². The smallest absolute Gasteiger partial charge is 0.0456 e. The van der Waals surface area contributed by atoms with Gasteiger partial charge in [-0.1, -0.05) is 42.8 Å². The van der Waals surface area contributed by atoms with Crippen LogP contribution in [0.2, 0.25) is 0 Å². The van der Waals surface area contributed by atoms with Gasteiger partial charge in [0.1, 0.15) is 0 Å². The molecule has 156 valence electrons. The van der Waals surface area contributed by atoms with E-state index in [1.54, 1.807) is 0 Å². The molecule has 2 aromatic heterocycles. The zero-order valence-corrected chi connectivity index (χ0v) is 17.9. The number of fused-ring (bicyclic) bond motifs is 2. The lowest BCUT2D eigenvalue weighted by Crippen LogP contribution is -2.31. The van der Waals surface area contributed by atoms with Crippen molar-refractivity contribution in [1.82, 2.24) is 14.9 Å². The molecule has 1 aliphatic rings. The second-order valence-corrected chi connectivity index (χ2v) is 9.06. The van der Waals surface area contributed by atoms with Crippen LogP contribution in [0.5, 0.6) is 0 Å². The highest BCUT2D eigenvalue weighted by molar-refractivity contribution is 5.80. The van der Waals surface area contributed by atoms with E-state index in [1.165, 1.54) is 84.9 Å². The fraction of sp³-hybridized carbons (Fsp3) is 0.407. The van der Waals surface area contributed by atoms with Gasteiger partial charge in [-0.3, -0.25) is 0 Å². The van der Waals surface area contributed by atoms with Crippen molar-refractivity contribution in [2.45, 2.75) is 44.9 Å². The number of likely N-dealkylation sites (tertiary alicyclic amines) is 1. The number of hydrogen-bond donors (Lipinski definition) is 2. The Labute approximate surface area is 179 Å². The van der Waals surface area contributed by atoms with Gasteiger partial charge < -0.3 is 14.9 Å². The lowest BCUT2D eigenvalue weighted by Gasteiger charge is -2.28. The van der Waals surface area contributed by atoms with E-state index >= 15 is 0 Å². The molecule has 0 amide bonds. The zero-order valence-electron chi connectivity index (χ0n) is 17.9. The quantitative estimate of drug-likeness (QED) is 0.357. The molecule has 3 heterocycles. The third kappa shape index (κ3) is 4.62. The fourth-order valence-corrected chi connectivity index (χ4v) is 5.08. The number of piperidine rings is 1. The van der Waals surface area contributed by atoms with Crippen LogP contribution in [-0.2, 0) is 12.8 Å². The Morgan fingerprint density at radius 2 is 1.37 bits per heavy atom. The number of rotatable bonds is 8. The Balaban J connectivity index is 1.27. The summed E-state index contributed by atoms with van der Waals surface area (Å²) in [5.74, 6) is 0.700. The van der Waals surface area contributed by atoms with Crippen LogP contribution in [0, 0.1) is 5.92 Å². The van der Waals surface area contributed by atoms with Crippen molar-refractivity contribution < 1.29 is 0 Å². The highest BCUT2D eigenvalue weighted by Gasteiger charge is 2.16. The summed E-state index contributed by atoms with van der Waals surface area (Å²) in [5.41, 5.74) is 5.28. The average Bonchev–Trinajstić information content (AvgIpc) is 3.39. The Morgan fingerprint density at radius 1 is 0.733 bits per heavy atom. The number of H-pyrrole nitrogens is 2. The molecular formula is C27H33N3. The molecule has 1 aliphatic heterocycles. The molecule has 1 saturated heterocycles. The van der Waals surface area contributed by atoms with Crippen molar-refractivity contribution in [2.24, 2.45) is 5.92 Å². The maximum Gasteiger partial charge on any atom is 0.0456 e. The topological polar surface area (TPSA) is 34.8 Å². The van der Waals surface area contributed by atoms with Crippen molar-refractivity contribution >= 4 is 21.8 Å². The Hall–Kier alpha value is -2.52. The molecule has 4 aromatic rings. The van der Waals surface area contributed by atoms with Crippen molar-refractivity contribution in [1.29, 1.82) is 0 Å². The molecule has 0 bridgehead atoms. The molecular weight excluding hydrogens is 366 g/mol. The van der Waals surface area contributed by atoms with Gasteiger partial charge in [0.05, 0.1) is 0 Å². The summed E-state index contributed by atoms with van der Waals surface area (Å²) in [6.07, 6.45) is 8.95. The molecule has 0 aliphatic carbocycles. The Bertz CT molecular complexity index is 1020. The Kier molecular flexibility index (Phi) is 5.89. The van der Waals surface area contributed by atoms with E-state index in [0.717, 1.165) is 12.8 Å². The zero-order chi connectivity index (χ0) is 20.2. The molecule has 2 N–H and O–H groups in total. The van der Waals surface area contributed by atoms with Crippen LogP contribution >= 0.6 is 0 Å². The molecule has 5 rings (SSSR count). The van der Waals surface area contributed by atoms with Crippen molar-refractivity contribution in [2.75, 3.05) is 19.6 Å². The molecule has 30 heavy (non-hydrogen) atoms. The second-order valence-electron chi connectivity index (χ2n) is 9.06. The predicted molar refractivity (Wildman–Crippen MR) is 127 cm³/mol.